The number of aliphatic hydroxyl groups is 1. The lowest BCUT2D eigenvalue weighted by molar-refractivity contribution is 0.322. The SMILES string of the molecule is Cc1cnc(SCCO)nc1. The van der Waals surface area contributed by atoms with Gasteiger partial charge in [0, 0.05) is 18.1 Å². The minimum Gasteiger partial charge on any atom is -0.396 e. The number of aryl methyl sites for hydroxylation is 1. The third-order valence-corrected chi connectivity index (χ3v) is 1.94. The molecule has 0 bridgehead atoms. The predicted molar refractivity (Wildman–Crippen MR) is 44.6 cm³/mol. The molecule has 11 heavy (non-hydrogen) atoms. The average molecular weight is 170 g/mol. The van der Waals surface area contributed by atoms with Gasteiger partial charge in [-0.2, -0.15) is 0 Å². The average Bonchev–Trinajstić information content (AvgIpc) is 2.04. The first-order valence-corrected chi connectivity index (χ1v) is 4.34. The van der Waals surface area contributed by atoms with Crippen LogP contribution >= 0.6 is 11.8 Å². The van der Waals surface area contributed by atoms with Crippen LogP contribution in [0.3, 0.4) is 0 Å². The van der Waals surface area contributed by atoms with Crippen LogP contribution in [0, 0.1) is 6.92 Å². The van der Waals surface area contributed by atoms with Gasteiger partial charge in [-0.05, 0) is 12.5 Å². The molecule has 0 atom stereocenters. The summed E-state index contributed by atoms with van der Waals surface area (Å²) in [6.07, 6.45) is 3.54. The zero-order valence-electron chi connectivity index (χ0n) is 6.32. The van der Waals surface area contributed by atoms with Crippen molar-refractivity contribution >= 4 is 11.8 Å². The molecule has 0 saturated carbocycles. The molecule has 1 heterocycles. The molecule has 1 aromatic heterocycles. The van der Waals surface area contributed by atoms with Gasteiger partial charge >= 0.3 is 0 Å². The van der Waals surface area contributed by atoms with Gasteiger partial charge in [0.2, 0.25) is 0 Å². The van der Waals surface area contributed by atoms with Crippen LogP contribution in [-0.2, 0) is 0 Å². The second-order valence-electron chi connectivity index (χ2n) is 2.12. The summed E-state index contributed by atoms with van der Waals surface area (Å²) in [6.45, 7) is 2.11. The topological polar surface area (TPSA) is 46.0 Å². The van der Waals surface area contributed by atoms with Gasteiger partial charge in [-0.3, -0.25) is 0 Å². The Morgan fingerprint density at radius 1 is 1.45 bits per heavy atom. The first-order valence-electron chi connectivity index (χ1n) is 3.35. The van der Waals surface area contributed by atoms with Crippen LogP contribution in [0.15, 0.2) is 17.6 Å². The maximum Gasteiger partial charge on any atom is 0.187 e. The lowest BCUT2D eigenvalue weighted by Gasteiger charge is -1.96. The highest BCUT2D eigenvalue weighted by atomic mass is 32.2. The van der Waals surface area contributed by atoms with E-state index in [1.54, 1.807) is 12.4 Å². The summed E-state index contributed by atoms with van der Waals surface area (Å²) in [5, 5.41) is 9.23. The Kier molecular flexibility index (Phi) is 3.32. The number of aliphatic hydroxyl groups excluding tert-OH is 1. The van der Waals surface area contributed by atoms with Gasteiger partial charge in [-0.1, -0.05) is 11.8 Å². The lowest BCUT2D eigenvalue weighted by Crippen LogP contribution is -1.90. The molecule has 60 valence electrons. The fourth-order valence-electron chi connectivity index (χ4n) is 0.592. The van der Waals surface area contributed by atoms with Crippen molar-refractivity contribution in [3.8, 4) is 0 Å². The quantitative estimate of drug-likeness (QED) is 0.540. The standard InChI is InChI=1S/C7H10N2OS/c1-6-4-8-7(9-5-6)11-3-2-10/h4-5,10H,2-3H2,1H3. The van der Waals surface area contributed by atoms with Crippen LogP contribution in [0.5, 0.6) is 0 Å². The monoisotopic (exact) mass is 170 g/mol. The lowest BCUT2D eigenvalue weighted by atomic mass is 10.4. The predicted octanol–water partition coefficient (Wildman–Crippen LogP) is 0.869. The van der Waals surface area contributed by atoms with E-state index in [2.05, 4.69) is 9.97 Å². The Hall–Kier alpha value is -0.610. The van der Waals surface area contributed by atoms with Gasteiger partial charge in [0.1, 0.15) is 0 Å². The van der Waals surface area contributed by atoms with Crippen LogP contribution in [0.1, 0.15) is 5.56 Å². The van der Waals surface area contributed by atoms with Crippen molar-refractivity contribution in [2.45, 2.75) is 12.1 Å². The summed E-state index contributed by atoms with van der Waals surface area (Å²) in [7, 11) is 0. The minimum atomic E-state index is 0.169. The van der Waals surface area contributed by atoms with E-state index >= 15 is 0 Å². The molecule has 1 rings (SSSR count). The summed E-state index contributed by atoms with van der Waals surface area (Å²) in [4.78, 5) is 8.11. The van der Waals surface area contributed by atoms with Crippen molar-refractivity contribution < 1.29 is 5.11 Å². The zero-order valence-corrected chi connectivity index (χ0v) is 7.14. The van der Waals surface area contributed by atoms with E-state index in [9.17, 15) is 0 Å². The molecular formula is C7H10N2OS. The third-order valence-electron chi connectivity index (χ3n) is 1.08. The molecule has 1 aromatic rings. The molecule has 0 aromatic carbocycles. The minimum absolute atomic E-state index is 0.169. The number of hydrogen-bond donors (Lipinski definition) is 1. The van der Waals surface area contributed by atoms with E-state index < -0.39 is 0 Å². The zero-order chi connectivity index (χ0) is 8.10. The summed E-state index contributed by atoms with van der Waals surface area (Å²) in [5.41, 5.74) is 1.05. The fourth-order valence-corrected chi connectivity index (χ4v) is 1.12. The highest BCUT2D eigenvalue weighted by Gasteiger charge is 1.94. The maximum absolute atomic E-state index is 8.51. The molecule has 1 N–H and O–H groups in total. The van der Waals surface area contributed by atoms with E-state index in [4.69, 9.17) is 5.11 Å². The highest BCUT2D eigenvalue weighted by Crippen LogP contribution is 2.10. The summed E-state index contributed by atoms with van der Waals surface area (Å²) >= 11 is 1.46. The molecule has 4 heteroatoms. The Bertz CT molecular complexity index is 212. The Morgan fingerprint density at radius 2 is 2.09 bits per heavy atom. The molecule has 0 amide bonds. The molecule has 0 aliphatic heterocycles. The molecule has 3 nitrogen and oxygen atoms in total. The number of rotatable bonds is 3. The van der Waals surface area contributed by atoms with Crippen LogP contribution in [0.2, 0.25) is 0 Å². The van der Waals surface area contributed by atoms with Gasteiger partial charge in [0.05, 0.1) is 6.61 Å². The highest BCUT2D eigenvalue weighted by molar-refractivity contribution is 7.99. The molecule has 0 aliphatic carbocycles. The molecule has 0 unspecified atom stereocenters. The van der Waals surface area contributed by atoms with Gasteiger partial charge in [-0.15, -0.1) is 0 Å². The van der Waals surface area contributed by atoms with Crippen molar-refractivity contribution in [3.63, 3.8) is 0 Å². The normalized spacial score (nSPS) is 10.0. The maximum atomic E-state index is 8.51. The summed E-state index contributed by atoms with van der Waals surface area (Å²) < 4.78 is 0. The molecule has 0 radical (unpaired) electrons. The third kappa shape index (κ3) is 2.86. The van der Waals surface area contributed by atoms with E-state index in [1.165, 1.54) is 11.8 Å². The smallest absolute Gasteiger partial charge is 0.187 e. The van der Waals surface area contributed by atoms with Crippen LogP contribution in [0.25, 0.3) is 0 Å². The first-order chi connectivity index (χ1) is 5.33. The van der Waals surface area contributed by atoms with Crippen LogP contribution < -0.4 is 0 Å². The number of aromatic nitrogens is 2. The van der Waals surface area contributed by atoms with Crippen LogP contribution in [-0.4, -0.2) is 27.4 Å². The number of hydrogen-bond acceptors (Lipinski definition) is 4. The van der Waals surface area contributed by atoms with E-state index in [0.29, 0.717) is 5.75 Å². The molecular weight excluding hydrogens is 160 g/mol. The Morgan fingerprint density at radius 3 is 2.64 bits per heavy atom. The largest absolute Gasteiger partial charge is 0.396 e. The number of thioether (sulfide) groups is 1. The Labute approximate surface area is 69.9 Å². The molecule has 0 aliphatic rings. The second kappa shape index (κ2) is 4.31. The first kappa shape index (κ1) is 8.49. The number of nitrogens with zero attached hydrogens (tertiary/aromatic N) is 2. The Balaban J connectivity index is 2.52. The van der Waals surface area contributed by atoms with Crippen molar-refractivity contribution in [3.05, 3.63) is 18.0 Å². The molecule has 0 spiro atoms. The van der Waals surface area contributed by atoms with E-state index in [0.717, 1.165) is 10.7 Å². The second-order valence-corrected chi connectivity index (χ2v) is 3.18. The molecule has 0 saturated heterocycles. The van der Waals surface area contributed by atoms with Gasteiger partial charge in [0.15, 0.2) is 5.16 Å². The van der Waals surface area contributed by atoms with Crippen LogP contribution in [0.4, 0.5) is 0 Å². The van der Waals surface area contributed by atoms with Gasteiger partial charge in [0.25, 0.3) is 0 Å². The van der Waals surface area contributed by atoms with Gasteiger partial charge < -0.3 is 5.11 Å². The fraction of sp³-hybridized carbons (Fsp3) is 0.429. The summed E-state index contributed by atoms with van der Waals surface area (Å²) in [6, 6.07) is 0. The van der Waals surface area contributed by atoms with E-state index in [1.807, 2.05) is 6.92 Å². The van der Waals surface area contributed by atoms with Crippen molar-refractivity contribution in [1.29, 1.82) is 0 Å². The van der Waals surface area contributed by atoms with E-state index in [-0.39, 0.29) is 6.61 Å². The van der Waals surface area contributed by atoms with Crippen molar-refractivity contribution in [2.24, 2.45) is 0 Å². The summed E-state index contributed by atoms with van der Waals surface area (Å²) in [5.74, 6) is 0.656. The van der Waals surface area contributed by atoms with Crippen molar-refractivity contribution in [2.75, 3.05) is 12.4 Å². The van der Waals surface area contributed by atoms with Gasteiger partial charge in [-0.25, -0.2) is 9.97 Å². The van der Waals surface area contributed by atoms with Crippen molar-refractivity contribution in [1.82, 2.24) is 9.97 Å². The molecule has 0 fully saturated rings.